The quantitative estimate of drug-likeness (QED) is 0.136. The van der Waals surface area contributed by atoms with Crippen molar-refractivity contribution in [3.8, 4) is 5.75 Å². The Labute approximate surface area is 265 Å². The number of anilines is 2. The van der Waals surface area contributed by atoms with Crippen LogP contribution in [0.25, 0.3) is 10.9 Å². The lowest BCUT2D eigenvalue weighted by molar-refractivity contribution is 0.0210. The summed E-state index contributed by atoms with van der Waals surface area (Å²) in [5.74, 6) is 1.00. The van der Waals surface area contributed by atoms with E-state index in [2.05, 4.69) is 37.3 Å². The Balaban J connectivity index is 1.27. The van der Waals surface area contributed by atoms with E-state index in [0.717, 1.165) is 32.2 Å². The number of nitrogens with one attached hydrogen (secondary N) is 1. The first-order valence-electron chi connectivity index (χ1n) is 14.5. The summed E-state index contributed by atoms with van der Waals surface area (Å²) in [5, 5.41) is 3.84. The van der Waals surface area contributed by atoms with Crippen LogP contribution >= 0.6 is 15.9 Å². The zero-order valence-electron chi connectivity index (χ0n) is 24.6. The van der Waals surface area contributed by atoms with E-state index in [0.29, 0.717) is 37.4 Å². The Kier molecular flexibility index (Phi) is 10.2. The molecule has 1 aromatic heterocycles. The van der Waals surface area contributed by atoms with Crippen LogP contribution in [-0.4, -0.2) is 42.6 Å². The van der Waals surface area contributed by atoms with Crippen LogP contribution in [0.2, 0.25) is 0 Å². The van der Waals surface area contributed by atoms with Crippen molar-refractivity contribution in [3.63, 3.8) is 0 Å². The average molecular weight is 685 g/mol. The van der Waals surface area contributed by atoms with Crippen molar-refractivity contribution in [3.05, 3.63) is 101 Å². The van der Waals surface area contributed by atoms with Crippen LogP contribution in [0.5, 0.6) is 5.75 Å². The van der Waals surface area contributed by atoms with Gasteiger partial charge in [0.1, 0.15) is 35.9 Å². The van der Waals surface area contributed by atoms with Crippen molar-refractivity contribution in [1.82, 2.24) is 9.97 Å². The SMILES string of the molecule is CC(C)S(=O)(=O)CCOCCCC1(c2ccc3ncnc(Nc4ccc(OCc5cccc(F)c5)c(Br)c4)c3c2)CC=CO1. The number of hydrogen-bond acceptors (Lipinski definition) is 8. The maximum absolute atomic E-state index is 13.5. The van der Waals surface area contributed by atoms with Gasteiger partial charge in [0, 0.05) is 24.1 Å². The number of ether oxygens (including phenoxy) is 3. The van der Waals surface area contributed by atoms with E-state index >= 15 is 0 Å². The van der Waals surface area contributed by atoms with Gasteiger partial charge in [-0.1, -0.05) is 18.2 Å². The van der Waals surface area contributed by atoms with Gasteiger partial charge in [0.25, 0.3) is 0 Å². The molecule has 1 atom stereocenters. The minimum absolute atomic E-state index is 0.0234. The summed E-state index contributed by atoms with van der Waals surface area (Å²) < 4.78 is 56.1. The van der Waals surface area contributed by atoms with Gasteiger partial charge in [0.05, 0.1) is 33.9 Å². The van der Waals surface area contributed by atoms with Gasteiger partial charge < -0.3 is 19.5 Å². The minimum Gasteiger partial charge on any atom is -0.490 e. The fraction of sp³-hybridized carbons (Fsp3) is 0.333. The van der Waals surface area contributed by atoms with Crippen molar-refractivity contribution in [2.24, 2.45) is 0 Å². The van der Waals surface area contributed by atoms with Crippen LogP contribution in [-0.2, 0) is 31.5 Å². The molecule has 0 aliphatic carbocycles. The van der Waals surface area contributed by atoms with Gasteiger partial charge in [-0.25, -0.2) is 22.8 Å². The number of nitrogens with zero attached hydrogens (tertiary/aromatic N) is 2. The van der Waals surface area contributed by atoms with E-state index in [1.165, 1.54) is 18.5 Å². The fourth-order valence-corrected chi connectivity index (χ4v) is 6.30. The molecule has 1 aliphatic rings. The third-order valence-electron chi connectivity index (χ3n) is 7.58. The highest BCUT2D eigenvalue weighted by molar-refractivity contribution is 9.10. The van der Waals surface area contributed by atoms with E-state index < -0.39 is 20.7 Å². The third-order valence-corrected chi connectivity index (χ3v) is 10.4. The highest BCUT2D eigenvalue weighted by Gasteiger charge is 2.35. The zero-order chi connectivity index (χ0) is 31.2. The second-order valence-electron chi connectivity index (χ2n) is 11.0. The topological polar surface area (TPSA) is 99.6 Å². The molecule has 0 fully saturated rings. The third kappa shape index (κ3) is 7.75. The second kappa shape index (κ2) is 14.0. The Morgan fingerprint density at radius 1 is 1.09 bits per heavy atom. The largest absolute Gasteiger partial charge is 0.490 e. The molecule has 0 spiro atoms. The van der Waals surface area contributed by atoms with Gasteiger partial charge >= 0.3 is 0 Å². The number of aromatic nitrogens is 2. The van der Waals surface area contributed by atoms with Gasteiger partial charge in [-0.2, -0.15) is 0 Å². The molecule has 0 saturated heterocycles. The normalized spacial score (nSPS) is 16.4. The van der Waals surface area contributed by atoms with E-state index in [4.69, 9.17) is 14.2 Å². The summed E-state index contributed by atoms with van der Waals surface area (Å²) in [7, 11) is -3.12. The molecule has 8 nitrogen and oxygen atoms in total. The summed E-state index contributed by atoms with van der Waals surface area (Å²) in [4.78, 5) is 8.99. The molecule has 1 unspecified atom stereocenters. The van der Waals surface area contributed by atoms with Crippen molar-refractivity contribution < 1.29 is 27.0 Å². The number of sulfone groups is 1. The summed E-state index contributed by atoms with van der Waals surface area (Å²) in [6.45, 7) is 4.24. The first kappa shape index (κ1) is 31.9. The van der Waals surface area contributed by atoms with Crippen LogP contribution in [0.15, 0.2) is 83.8 Å². The Morgan fingerprint density at radius 2 is 1.95 bits per heavy atom. The Morgan fingerprint density at radius 3 is 2.70 bits per heavy atom. The summed E-state index contributed by atoms with van der Waals surface area (Å²) in [5.41, 5.74) is 2.77. The molecule has 44 heavy (non-hydrogen) atoms. The predicted molar refractivity (Wildman–Crippen MR) is 173 cm³/mol. The molecule has 1 aliphatic heterocycles. The molecule has 3 aromatic carbocycles. The average Bonchev–Trinajstić information content (AvgIpc) is 3.48. The molecule has 4 aromatic rings. The standard InChI is InChI=1S/C33H35BrFN3O5S/c1-23(2)44(39,40)17-16-41-14-4-12-33(13-5-15-43-33)25-8-10-30-28(19-25)32(37-22-36-30)38-27-9-11-31(29(34)20-27)42-21-24-6-3-7-26(35)18-24/h3,5-11,15,18-20,22-23H,4,12-14,16-17,21H2,1-2H3,(H,36,37,38). The molecule has 0 radical (unpaired) electrons. The van der Waals surface area contributed by atoms with Crippen molar-refractivity contribution in [2.75, 3.05) is 24.3 Å². The fourth-order valence-electron chi connectivity index (χ4n) is 4.99. The molecule has 232 valence electrons. The van der Waals surface area contributed by atoms with E-state index in [9.17, 15) is 12.8 Å². The highest BCUT2D eigenvalue weighted by Crippen LogP contribution is 2.41. The van der Waals surface area contributed by atoms with Gasteiger partial charge in [-0.15, -0.1) is 0 Å². The van der Waals surface area contributed by atoms with Crippen LogP contribution in [0, 0.1) is 5.82 Å². The molecule has 0 amide bonds. The first-order chi connectivity index (χ1) is 21.1. The first-order valence-corrected chi connectivity index (χ1v) is 17.0. The van der Waals surface area contributed by atoms with Gasteiger partial charge in [-0.05, 0) is 102 Å². The summed E-state index contributed by atoms with van der Waals surface area (Å²) >= 11 is 3.58. The van der Waals surface area contributed by atoms with E-state index in [1.54, 1.807) is 26.2 Å². The van der Waals surface area contributed by atoms with Crippen LogP contribution in [0.4, 0.5) is 15.9 Å². The van der Waals surface area contributed by atoms with Crippen LogP contribution in [0.1, 0.15) is 44.2 Å². The molecular weight excluding hydrogens is 649 g/mol. The highest BCUT2D eigenvalue weighted by atomic mass is 79.9. The molecular formula is C33H35BrFN3O5S. The van der Waals surface area contributed by atoms with E-state index in [1.807, 2.05) is 42.5 Å². The number of benzene rings is 3. The molecule has 1 N–H and O–H groups in total. The maximum Gasteiger partial charge on any atom is 0.154 e. The Hall–Kier alpha value is -3.54. The molecule has 0 saturated carbocycles. The lowest BCUT2D eigenvalue weighted by atomic mass is 9.86. The number of halogens is 2. The monoisotopic (exact) mass is 683 g/mol. The molecule has 0 bridgehead atoms. The number of fused-ring (bicyclic) bond motifs is 1. The van der Waals surface area contributed by atoms with Crippen molar-refractivity contribution in [2.45, 2.75) is 50.6 Å². The zero-order valence-corrected chi connectivity index (χ0v) is 27.0. The second-order valence-corrected chi connectivity index (χ2v) is 14.5. The smallest absolute Gasteiger partial charge is 0.154 e. The predicted octanol–water partition coefficient (Wildman–Crippen LogP) is 7.60. The van der Waals surface area contributed by atoms with Crippen LogP contribution in [0.3, 0.4) is 0 Å². The molecule has 11 heteroatoms. The molecule has 5 rings (SSSR count). The molecule has 2 heterocycles. The van der Waals surface area contributed by atoms with Gasteiger partial charge in [0.15, 0.2) is 9.84 Å². The summed E-state index contributed by atoms with van der Waals surface area (Å²) in [6, 6.07) is 18.0. The minimum atomic E-state index is -3.12. The van der Waals surface area contributed by atoms with Gasteiger partial charge in [0.2, 0.25) is 0 Å². The lowest BCUT2D eigenvalue weighted by Crippen LogP contribution is -2.26. The van der Waals surface area contributed by atoms with E-state index in [-0.39, 0.29) is 24.8 Å². The lowest BCUT2D eigenvalue weighted by Gasteiger charge is -2.30. The van der Waals surface area contributed by atoms with Crippen molar-refractivity contribution >= 4 is 48.2 Å². The van der Waals surface area contributed by atoms with Crippen molar-refractivity contribution in [1.29, 1.82) is 0 Å². The maximum atomic E-state index is 13.5. The number of rotatable bonds is 14. The Bertz CT molecular complexity index is 1740. The van der Waals surface area contributed by atoms with Crippen LogP contribution < -0.4 is 10.1 Å². The number of hydrogen-bond donors (Lipinski definition) is 1. The van der Waals surface area contributed by atoms with Gasteiger partial charge in [-0.3, -0.25) is 0 Å². The summed E-state index contributed by atoms with van der Waals surface area (Å²) in [6.07, 6.45) is 7.38.